The van der Waals surface area contributed by atoms with Crippen LogP contribution in [0.3, 0.4) is 0 Å². The van der Waals surface area contributed by atoms with Crippen LogP contribution in [-0.4, -0.2) is 103 Å². The fraction of sp³-hybridized carbons (Fsp3) is 0.333. The van der Waals surface area contributed by atoms with E-state index < -0.39 is 54.6 Å². The molecule has 0 spiro atoms. The molecule has 9 aromatic carbocycles. The van der Waals surface area contributed by atoms with Crippen LogP contribution >= 0.6 is 0 Å². The SMILES string of the molecule is CC(C)(C)C(O)CC(O)C(C)(C)C.CC(C)(C)C(O)CC(O)C(F)(F)F.CC(O)CC(O)C(C)(C)C.Cc1c[c-]c(-c2ncc(-c3ccccc3)nc2-c2ccc(C)cc2)cc1.Cc1c[c-]c(-c2ncc(-c3ccccc3)nc2-c2ccc(C)cc2)cc1.Cc1c[c-]c(-c2ncc(-c3ccccc3)nc2-c2ccc(C)cc2)cc1.[Ir].[Ir].[Ir]. The number of aliphatic hydroxyl groups excluding tert-OH is 6. The van der Waals surface area contributed by atoms with Gasteiger partial charge in [-0.15, -0.1) is 106 Å². The molecule has 6 N–H and O–H groups in total. The molecule has 12 nitrogen and oxygen atoms in total. The summed E-state index contributed by atoms with van der Waals surface area (Å²) in [4.78, 5) is 29.2. The Labute approximate surface area is 733 Å². The second kappa shape index (κ2) is 46.3. The predicted molar refractivity (Wildman–Crippen MR) is 459 cm³/mol. The van der Waals surface area contributed by atoms with Crippen molar-refractivity contribution in [2.24, 2.45) is 21.7 Å². The van der Waals surface area contributed by atoms with E-state index in [1.54, 1.807) is 27.7 Å². The zero-order valence-electron chi connectivity index (χ0n) is 70.6. The quantitative estimate of drug-likeness (QED) is 0.0532. The van der Waals surface area contributed by atoms with Gasteiger partial charge in [0.15, 0.2) is 6.10 Å². The van der Waals surface area contributed by atoms with E-state index in [0.29, 0.717) is 12.8 Å². The van der Waals surface area contributed by atoms with Crippen molar-refractivity contribution in [3.63, 3.8) is 0 Å². The summed E-state index contributed by atoms with van der Waals surface area (Å²) in [7, 11) is 0. The summed E-state index contributed by atoms with van der Waals surface area (Å²) < 4.78 is 35.5. The molecule has 18 heteroatoms. The molecule has 0 saturated heterocycles. The Morgan fingerprint density at radius 1 is 0.282 bits per heavy atom. The summed E-state index contributed by atoms with van der Waals surface area (Å²) >= 11 is 0. The molecule has 3 radical (unpaired) electrons. The van der Waals surface area contributed by atoms with Gasteiger partial charge in [0, 0.05) is 126 Å². The van der Waals surface area contributed by atoms with Crippen LogP contribution in [0.2, 0.25) is 0 Å². The van der Waals surface area contributed by atoms with Gasteiger partial charge < -0.3 is 45.6 Å². The molecule has 12 rings (SSSR count). The fourth-order valence-electron chi connectivity index (χ4n) is 11.0. The maximum atomic E-state index is 11.8. The first-order valence-electron chi connectivity index (χ1n) is 38.6. The largest absolute Gasteiger partial charge is 0.414 e. The molecular weight excluding hydrogens is 2000 g/mol. The maximum absolute atomic E-state index is 11.8. The van der Waals surface area contributed by atoms with E-state index in [2.05, 4.69) is 205 Å². The Kier molecular flexibility index (Phi) is 40.0. The minimum atomic E-state index is -4.65. The number of nitrogens with zero attached hydrogens (tertiary/aromatic N) is 6. The van der Waals surface area contributed by atoms with Crippen LogP contribution in [0.4, 0.5) is 13.2 Å². The van der Waals surface area contributed by atoms with Gasteiger partial charge in [-0.1, -0.05) is 284 Å². The Balaban J connectivity index is 0.000000305. The van der Waals surface area contributed by atoms with Crippen LogP contribution < -0.4 is 0 Å². The van der Waals surface area contributed by atoms with Crippen LogP contribution in [0.25, 0.3) is 101 Å². The first-order valence-corrected chi connectivity index (χ1v) is 38.6. The van der Waals surface area contributed by atoms with E-state index in [9.17, 15) is 33.6 Å². The van der Waals surface area contributed by atoms with Gasteiger partial charge in [0.05, 0.1) is 64.7 Å². The molecule has 627 valence electrons. The molecule has 6 atom stereocenters. The summed E-state index contributed by atoms with van der Waals surface area (Å²) in [5.74, 6) is 0. The monoisotopic (exact) mass is 2120 g/mol. The molecule has 0 bridgehead atoms. The summed E-state index contributed by atoms with van der Waals surface area (Å²) in [5.41, 5.74) is 23.2. The molecule has 0 amide bonds. The predicted octanol–water partition coefficient (Wildman–Crippen LogP) is 22.7. The second-order valence-corrected chi connectivity index (χ2v) is 33.5. The van der Waals surface area contributed by atoms with Crippen LogP contribution in [0, 0.1) is 81.4 Å². The molecule has 3 aromatic heterocycles. The van der Waals surface area contributed by atoms with E-state index in [-0.39, 0.29) is 76.6 Å². The number of hydrogen-bond donors (Lipinski definition) is 6. The Bertz CT molecular complexity index is 4400. The molecule has 3 heterocycles. The molecular formula is C99H114F3Ir3N6O6-3. The van der Waals surface area contributed by atoms with Crippen molar-refractivity contribution in [1.82, 2.24) is 29.9 Å². The molecule has 0 aliphatic carbocycles. The second-order valence-electron chi connectivity index (χ2n) is 33.5. The smallest absolute Gasteiger partial charge is 0.393 e. The molecule has 0 fully saturated rings. The minimum Gasteiger partial charge on any atom is -0.393 e. The summed E-state index contributed by atoms with van der Waals surface area (Å²) in [5, 5.41) is 55.7. The molecule has 0 aliphatic rings. The third kappa shape index (κ3) is 32.4. The number of hydrogen-bond acceptors (Lipinski definition) is 12. The number of halogens is 3. The van der Waals surface area contributed by atoms with Crippen molar-refractivity contribution >= 4 is 0 Å². The molecule has 0 aliphatic heterocycles. The molecule has 12 aromatic rings. The summed E-state index contributed by atoms with van der Waals surface area (Å²) in [6, 6.07) is 84.1. The first-order chi connectivity index (χ1) is 53.5. The molecule has 0 saturated carbocycles. The van der Waals surface area contributed by atoms with Gasteiger partial charge in [-0.3, -0.25) is 15.0 Å². The van der Waals surface area contributed by atoms with Crippen LogP contribution in [0.15, 0.2) is 237 Å². The average molecular weight is 2120 g/mol. The molecule has 117 heavy (non-hydrogen) atoms. The molecule has 6 unspecified atom stereocenters. The Hall–Kier alpha value is -8.28. The summed E-state index contributed by atoms with van der Waals surface area (Å²) in [6.45, 7) is 36.7. The number of aryl methyl sites for hydroxylation is 6. The van der Waals surface area contributed by atoms with E-state index in [1.165, 1.54) is 33.4 Å². The van der Waals surface area contributed by atoms with E-state index in [0.717, 1.165) is 101 Å². The minimum absolute atomic E-state index is 0. The third-order valence-electron chi connectivity index (χ3n) is 19.0. The van der Waals surface area contributed by atoms with Gasteiger partial charge in [0.25, 0.3) is 0 Å². The van der Waals surface area contributed by atoms with Gasteiger partial charge in [-0.2, -0.15) is 13.2 Å². The average Bonchev–Trinajstić information content (AvgIpc) is 0.801. The third-order valence-corrected chi connectivity index (χ3v) is 19.0. The van der Waals surface area contributed by atoms with Crippen LogP contribution in [-0.2, 0) is 60.3 Å². The number of alkyl halides is 3. The van der Waals surface area contributed by atoms with Crippen molar-refractivity contribution in [3.8, 4) is 101 Å². The van der Waals surface area contributed by atoms with Crippen molar-refractivity contribution in [3.05, 3.63) is 289 Å². The van der Waals surface area contributed by atoms with Crippen molar-refractivity contribution in [1.29, 1.82) is 0 Å². The summed E-state index contributed by atoms with van der Waals surface area (Å²) in [6.07, 6.45) is -4.19. The van der Waals surface area contributed by atoms with E-state index >= 15 is 0 Å². The van der Waals surface area contributed by atoms with Gasteiger partial charge in [0.2, 0.25) is 0 Å². The maximum Gasteiger partial charge on any atom is 0.414 e. The van der Waals surface area contributed by atoms with Crippen LogP contribution in [0.5, 0.6) is 0 Å². The van der Waals surface area contributed by atoms with Crippen molar-refractivity contribution in [2.75, 3.05) is 0 Å². The number of benzene rings is 9. The first kappa shape index (κ1) is 101. The van der Waals surface area contributed by atoms with Crippen molar-refractivity contribution in [2.45, 2.75) is 194 Å². The zero-order chi connectivity index (χ0) is 83.9. The van der Waals surface area contributed by atoms with Gasteiger partial charge in [-0.05, 0) is 72.5 Å². The van der Waals surface area contributed by atoms with E-state index in [4.69, 9.17) is 40.1 Å². The van der Waals surface area contributed by atoms with Gasteiger partial charge in [-0.25, -0.2) is 0 Å². The topological polar surface area (TPSA) is 199 Å². The Morgan fingerprint density at radius 3 is 0.701 bits per heavy atom. The van der Waals surface area contributed by atoms with Gasteiger partial charge in [0.1, 0.15) is 0 Å². The van der Waals surface area contributed by atoms with Gasteiger partial charge >= 0.3 is 6.18 Å². The van der Waals surface area contributed by atoms with Crippen LogP contribution in [0.1, 0.15) is 143 Å². The number of rotatable bonds is 15. The van der Waals surface area contributed by atoms with Crippen molar-refractivity contribution < 1.29 is 104 Å². The zero-order valence-corrected chi connectivity index (χ0v) is 77.8. The standard InChI is InChI=1S/3C24H19N2.C11H24O2.C8H15F3O2.C8H18O2.3Ir/c3*1-17-8-12-20(13-9-17)23-24(21-14-10-18(2)11-15-21)26-22(16-25-23)19-6-4-3-5-7-19;1-10(2,3)8(12)7-9(13)11(4,5)6;1-7(2,3)5(12)4-6(13)8(9,10)11;1-6(9)5-7(10)8(2,3)4;;;/h3*3-12,14-16H,1-2H3;8-9,12-13H,7H2,1-6H3;5-6,12-13H,4H2,1-3H3;6-7,9-10H,5H2,1-4H3;;;/q3*-1;;;;;;. The fourth-order valence-corrected chi connectivity index (χ4v) is 11.0. The number of aliphatic hydroxyl groups is 6. The van der Waals surface area contributed by atoms with E-state index in [1.807, 2.05) is 154 Å². The Morgan fingerprint density at radius 2 is 0.504 bits per heavy atom. The number of aromatic nitrogens is 6. The normalized spacial score (nSPS) is 12.8.